The summed E-state index contributed by atoms with van der Waals surface area (Å²) in [7, 11) is 1.68. The summed E-state index contributed by atoms with van der Waals surface area (Å²) in [4.78, 5) is 2.50. The molecule has 2 unspecified atom stereocenters. The first-order valence-electron chi connectivity index (χ1n) is 7.28. The van der Waals surface area contributed by atoms with E-state index < -0.39 is 0 Å². The summed E-state index contributed by atoms with van der Waals surface area (Å²) in [6.45, 7) is 6.44. The fourth-order valence-corrected chi connectivity index (χ4v) is 3.68. The lowest BCUT2D eigenvalue weighted by atomic mass is 10.1. The zero-order chi connectivity index (χ0) is 15.2. The molecule has 1 fully saturated rings. The first-order valence-corrected chi connectivity index (χ1v) is 8.33. The third kappa shape index (κ3) is 4.16. The molecule has 4 heteroatoms. The van der Waals surface area contributed by atoms with Gasteiger partial charge in [0.2, 0.25) is 0 Å². The second-order valence-corrected chi connectivity index (χ2v) is 6.76. The topological polar surface area (TPSA) is 32.7 Å². The van der Waals surface area contributed by atoms with Crippen molar-refractivity contribution in [3.63, 3.8) is 0 Å². The van der Waals surface area contributed by atoms with Crippen LogP contribution in [0.5, 0.6) is 5.75 Å². The summed E-state index contributed by atoms with van der Waals surface area (Å²) in [6.07, 6.45) is 0. The molecule has 0 aliphatic carbocycles. The van der Waals surface area contributed by atoms with Gasteiger partial charge in [0.15, 0.2) is 0 Å². The molecule has 1 aromatic rings. The van der Waals surface area contributed by atoms with Crippen LogP contribution in [0.4, 0.5) is 0 Å². The lowest BCUT2D eigenvalue weighted by Gasteiger charge is -2.37. The minimum absolute atomic E-state index is 0.112. The Balaban J connectivity index is 2.24. The number of rotatable bonds is 3. The van der Waals surface area contributed by atoms with E-state index in [0.29, 0.717) is 11.3 Å². The summed E-state index contributed by atoms with van der Waals surface area (Å²) in [6, 6.07) is 6.50. The van der Waals surface area contributed by atoms with Crippen LogP contribution in [0.1, 0.15) is 25.0 Å². The van der Waals surface area contributed by atoms with Gasteiger partial charge in [-0.3, -0.25) is 4.90 Å². The van der Waals surface area contributed by atoms with Gasteiger partial charge in [-0.15, -0.1) is 0 Å². The van der Waals surface area contributed by atoms with Gasteiger partial charge < -0.3 is 9.84 Å². The minimum atomic E-state index is -0.112. The van der Waals surface area contributed by atoms with E-state index in [9.17, 15) is 0 Å². The highest BCUT2D eigenvalue weighted by molar-refractivity contribution is 8.00. The highest BCUT2D eigenvalue weighted by atomic mass is 32.2. The first kappa shape index (κ1) is 16.2. The average molecular weight is 305 g/mol. The Labute approximate surface area is 131 Å². The van der Waals surface area contributed by atoms with Gasteiger partial charge in [-0.1, -0.05) is 18.8 Å². The van der Waals surface area contributed by atoms with Crippen molar-refractivity contribution in [1.82, 2.24) is 4.90 Å². The summed E-state index contributed by atoms with van der Waals surface area (Å²) in [5, 5.41) is 9.56. The highest BCUT2D eigenvalue weighted by Gasteiger charge is 2.25. The number of methoxy groups -OCH3 is 1. The standard InChI is InChI=1S/C17H23NO2S/c1-13-14(2)21-10-8-18(13)12-16-11-17(20-3)7-6-15(16)5-4-9-19/h6-7,11,13-14,19H,8-10,12H2,1-3H3. The molecule has 1 N–H and O–H groups in total. The molecule has 2 atom stereocenters. The summed E-state index contributed by atoms with van der Waals surface area (Å²) in [5.74, 6) is 7.81. The number of ether oxygens (including phenoxy) is 1. The van der Waals surface area contributed by atoms with Crippen molar-refractivity contribution in [1.29, 1.82) is 0 Å². The zero-order valence-corrected chi connectivity index (χ0v) is 13.7. The predicted octanol–water partition coefficient (Wildman–Crippen LogP) is 2.36. The molecule has 0 saturated carbocycles. The molecule has 3 nitrogen and oxygen atoms in total. The van der Waals surface area contributed by atoms with E-state index >= 15 is 0 Å². The molecule has 0 bridgehead atoms. The van der Waals surface area contributed by atoms with E-state index in [4.69, 9.17) is 9.84 Å². The fraction of sp³-hybridized carbons (Fsp3) is 0.529. The average Bonchev–Trinajstić information content (AvgIpc) is 2.50. The van der Waals surface area contributed by atoms with Gasteiger partial charge in [-0.05, 0) is 30.7 Å². The first-order chi connectivity index (χ1) is 10.2. The molecular weight excluding hydrogens is 282 g/mol. The van der Waals surface area contributed by atoms with Crippen molar-refractivity contribution in [3.8, 4) is 17.6 Å². The van der Waals surface area contributed by atoms with Crippen LogP contribution in [0.15, 0.2) is 18.2 Å². The number of nitrogens with zero attached hydrogens (tertiary/aromatic N) is 1. The number of aliphatic hydroxyl groups is 1. The number of aliphatic hydroxyl groups excluding tert-OH is 1. The molecule has 0 radical (unpaired) electrons. The van der Waals surface area contributed by atoms with Crippen molar-refractivity contribution >= 4 is 11.8 Å². The monoisotopic (exact) mass is 305 g/mol. The predicted molar refractivity (Wildman–Crippen MR) is 88.7 cm³/mol. The second kappa shape index (κ2) is 7.74. The maximum absolute atomic E-state index is 8.91. The maximum Gasteiger partial charge on any atom is 0.119 e. The van der Waals surface area contributed by atoms with E-state index in [1.165, 1.54) is 11.3 Å². The second-order valence-electron chi connectivity index (χ2n) is 5.27. The molecule has 0 spiro atoms. The Morgan fingerprint density at radius 3 is 2.95 bits per heavy atom. The van der Waals surface area contributed by atoms with Gasteiger partial charge in [-0.25, -0.2) is 0 Å². The van der Waals surface area contributed by atoms with E-state index in [1.54, 1.807) is 7.11 Å². The summed E-state index contributed by atoms with van der Waals surface area (Å²) < 4.78 is 5.33. The minimum Gasteiger partial charge on any atom is -0.497 e. The largest absolute Gasteiger partial charge is 0.497 e. The molecule has 1 aliphatic rings. The third-order valence-electron chi connectivity index (χ3n) is 4.00. The van der Waals surface area contributed by atoms with Gasteiger partial charge >= 0.3 is 0 Å². The van der Waals surface area contributed by atoms with Gasteiger partial charge in [-0.2, -0.15) is 11.8 Å². The number of hydrogen-bond donors (Lipinski definition) is 1. The van der Waals surface area contributed by atoms with Crippen LogP contribution < -0.4 is 4.74 Å². The van der Waals surface area contributed by atoms with Gasteiger partial charge in [0.25, 0.3) is 0 Å². The van der Waals surface area contributed by atoms with Crippen LogP contribution >= 0.6 is 11.8 Å². The molecule has 1 aromatic carbocycles. The van der Waals surface area contributed by atoms with E-state index in [1.807, 2.05) is 23.9 Å². The van der Waals surface area contributed by atoms with E-state index in [2.05, 4.69) is 36.7 Å². The Morgan fingerprint density at radius 2 is 2.24 bits per heavy atom. The third-order valence-corrected chi connectivity index (χ3v) is 5.34. The molecule has 1 saturated heterocycles. The van der Waals surface area contributed by atoms with Crippen LogP contribution in [-0.4, -0.2) is 47.3 Å². The molecular formula is C17H23NO2S. The van der Waals surface area contributed by atoms with E-state index in [-0.39, 0.29) is 6.61 Å². The Kier molecular flexibility index (Phi) is 5.98. The molecule has 0 aromatic heterocycles. The molecule has 114 valence electrons. The molecule has 21 heavy (non-hydrogen) atoms. The van der Waals surface area contributed by atoms with Crippen LogP contribution in [0, 0.1) is 11.8 Å². The lowest BCUT2D eigenvalue weighted by Crippen LogP contribution is -2.44. The normalized spacial score (nSPS) is 22.5. The van der Waals surface area contributed by atoms with Crippen LogP contribution in [-0.2, 0) is 6.54 Å². The Hall–Kier alpha value is -1.15. The fourth-order valence-electron chi connectivity index (χ4n) is 2.52. The van der Waals surface area contributed by atoms with Crippen LogP contribution in [0.2, 0.25) is 0 Å². The van der Waals surface area contributed by atoms with Crippen molar-refractivity contribution in [2.24, 2.45) is 0 Å². The molecule has 1 aliphatic heterocycles. The lowest BCUT2D eigenvalue weighted by molar-refractivity contribution is 0.204. The summed E-state index contributed by atoms with van der Waals surface area (Å²) in [5.41, 5.74) is 2.14. The highest BCUT2D eigenvalue weighted by Crippen LogP contribution is 2.27. The number of benzene rings is 1. The van der Waals surface area contributed by atoms with Gasteiger partial charge in [0.05, 0.1) is 7.11 Å². The Bertz CT molecular complexity index is 535. The van der Waals surface area contributed by atoms with Crippen LogP contribution in [0.3, 0.4) is 0 Å². The number of thioether (sulfide) groups is 1. The molecule has 0 amide bonds. The van der Waals surface area contributed by atoms with Crippen molar-refractivity contribution in [3.05, 3.63) is 29.3 Å². The van der Waals surface area contributed by atoms with Gasteiger partial charge in [0, 0.05) is 35.7 Å². The quantitative estimate of drug-likeness (QED) is 0.869. The van der Waals surface area contributed by atoms with Crippen molar-refractivity contribution < 1.29 is 9.84 Å². The smallest absolute Gasteiger partial charge is 0.119 e. The molecule has 2 rings (SSSR count). The summed E-state index contributed by atoms with van der Waals surface area (Å²) >= 11 is 2.04. The maximum atomic E-state index is 8.91. The Morgan fingerprint density at radius 1 is 1.43 bits per heavy atom. The van der Waals surface area contributed by atoms with Gasteiger partial charge in [0.1, 0.15) is 12.4 Å². The van der Waals surface area contributed by atoms with Crippen molar-refractivity contribution in [2.45, 2.75) is 31.7 Å². The van der Waals surface area contributed by atoms with Crippen LogP contribution in [0.25, 0.3) is 0 Å². The van der Waals surface area contributed by atoms with Crippen molar-refractivity contribution in [2.75, 3.05) is 26.0 Å². The molecule has 1 heterocycles. The zero-order valence-electron chi connectivity index (χ0n) is 12.9. The SMILES string of the molecule is COc1ccc(C#CCO)c(CN2CCSC(C)C2C)c1. The number of hydrogen-bond acceptors (Lipinski definition) is 4. The van der Waals surface area contributed by atoms with E-state index in [0.717, 1.165) is 24.4 Å².